The number of nitrogens with one attached hydrogen (secondary N) is 1. The van der Waals surface area contributed by atoms with Gasteiger partial charge in [0.2, 0.25) is 0 Å². The zero-order chi connectivity index (χ0) is 13.7. The fourth-order valence-corrected chi connectivity index (χ4v) is 4.51. The lowest BCUT2D eigenvalue weighted by Gasteiger charge is -2.24. The van der Waals surface area contributed by atoms with Gasteiger partial charge in [0.1, 0.15) is 0 Å². The Hall–Kier alpha value is -0.470. The second-order valence-corrected chi connectivity index (χ2v) is 7.19. The SMILES string of the molecule is CNC(CSC1CCCCC1)c1cc(C)cc(C)c1. The van der Waals surface area contributed by atoms with Gasteiger partial charge in [-0.2, -0.15) is 11.8 Å². The molecule has 1 N–H and O–H groups in total. The first-order chi connectivity index (χ1) is 9.19. The molecule has 0 aromatic heterocycles. The molecule has 1 atom stereocenters. The molecule has 2 rings (SSSR count). The van der Waals surface area contributed by atoms with Crippen molar-refractivity contribution in [1.29, 1.82) is 0 Å². The molecular weight excluding hydrogens is 250 g/mol. The van der Waals surface area contributed by atoms with Crippen LogP contribution >= 0.6 is 11.8 Å². The van der Waals surface area contributed by atoms with E-state index in [2.05, 4.69) is 56.2 Å². The highest BCUT2D eigenvalue weighted by Crippen LogP contribution is 2.31. The van der Waals surface area contributed by atoms with E-state index >= 15 is 0 Å². The minimum Gasteiger partial charge on any atom is -0.312 e. The highest BCUT2D eigenvalue weighted by Gasteiger charge is 2.17. The Morgan fingerprint density at radius 2 is 1.74 bits per heavy atom. The van der Waals surface area contributed by atoms with Gasteiger partial charge in [-0.3, -0.25) is 0 Å². The molecule has 2 heteroatoms. The van der Waals surface area contributed by atoms with E-state index in [1.54, 1.807) is 0 Å². The van der Waals surface area contributed by atoms with Gasteiger partial charge >= 0.3 is 0 Å². The topological polar surface area (TPSA) is 12.0 Å². The Labute approximate surface area is 122 Å². The van der Waals surface area contributed by atoms with Gasteiger partial charge in [-0.05, 0) is 39.3 Å². The minimum atomic E-state index is 0.491. The summed E-state index contributed by atoms with van der Waals surface area (Å²) in [5, 5.41) is 4.39. The summed E-state index contributed by atoms with van der Waals surface area (Å²) in [4.78, 5) is 0. The van der Waals surface area contributed by atoms with E-state index in [0.29, 0.717) is 6.04 Å². The summed E-state index contributed by atoms with van der Waals surface area (Å²) in [6.07, 6.45) is 7.17. The summed E-state index contributed by atoms with van der Waals surface area (Å²) < 4.78 is 0. The number of thioether (sulfide) groups is 1. The van der Waals surface area contributed by atoms with Crippen molar-refractivity contribution in [3.8, 4) is 0 Å². The van der Waals surface area contributed by atoms with Crippen molar-refractivity contribution in [3.63, 3.8) is 0 Å². The van der Waals surface area contributed by atoms with Crippen LogP contribution in [-0.2, 0) is 0 Å². The molecule has 1 unspecified atom stereocenters. The zero-order valence-corrected chi connectivity index (χ0v) is 13.4. The predicted octanol–water partition coefficient (Wildman–Crippen LogP) is 4.63. The largest absolute Gasteiger partial charge is 0.312 e. The van der Waals surface area contributed by atoms with E-state index in [9.17, 15) is 0 Å². The molecular formula is C17H27NS. The third kappa shape index (κ3) is 4.54. The molecule has 0 radical (unpaired) electrons. The van der Waals surface area contributed by atoms with Gasteiger partial charge in [0.15, 0.2) is 0 Å². The maximum absolute atomic E-state index is 3.49. The zero-order valence-electron chi connectivity index (χ0n) is 12.5. The van der Waals surface area contributed by atoms with Crippen LogP contribution in [0.25, 0.3) is 0 Å². The summed E-state index contributed by atoms with van der Waals surface area (Å²) in [5.41, 5.74) is 4.19. The van der Waals surface area contributed by atoms with Gasteiger partial charge in [-0.1, -0.05) is 48.6 Å². The summed E-state index contributed by atoms with van der Waals surface area (Å²) in [6, 6.07) is 7.40. The Kier molecular flexibility index (Phi) is 5.77. The third-order valence-corrected chi connectivity index (χ3v) is 5.51. The molecule has 1 aliphatic rings. The lowest BCUT2D eigenvalue weighted by molar-refractivity contribution is 0.514. The van der Waals surface area contributed by atoms with Crippen LogP contribution in [0.4, 0.5) is 0 Å². The first kappa shape index (κ1) is 14.9. The van der Waals surface area contributed by atoms with Crippen molar-refractivity contribution < 1.29 is 0 Å². The Bertz CT molecular complexity index is 376. The molecule has 1 fully saturated rings. The highest BCUT2D eigenvalue weighted by atomic mass is 32.2. The van der Waals surface area contributed by atoms with Crippen molar-refractivity contribution in [2.75, 3.05) is 12.8 Å². The fourth-order valence-electron chi connectivity index (χ4n) is 3.02. The number of hydrogen-bond donors (Lipinski definition) is 1. The van der Waals surface area contributed by atoms with E-state index in [0.717, 1.165) is 5.25 Å². The fraction of sp³-hybridized carbons (Fsp3) is 0.647. The molecule has 1 aliphatic carbocycles. The standard InChI is InChI=1S/C17H27NS/c1-13-9-14(2)11-15(10-13)17(18-3)12-19-16-7-5-4-6-8-16/h9-11,16-18H,4-8,12H2,1-3H3. The van der Waals surface area contributed by atoms with Gasteiger partial charge in [0, 0.05) is 17.0 Å². The first-order valence-electron chi connectivity index (χ1n) is 7.56. The van der Waals surface area contributed by atoms with Crippen LogP contribution in [0.15, 0.2) is 18.2 Å². The van der Waals surface area contributed by atoms with Crippen LogP contribution in [0.2, 0.25) is 0 Å². The lowest BCUT2D eigenvalue weighted by Crippen LogP contribution is -2.21. The smallest absolute Gasteiger partial charge is 0.0409 e. The van der Waals surface area contributed by atoms with Gasteiger partial charge in [-0.25, -0.2) is 0 Å². The quantitative estimate of drug-likeness (QED) is 0.842. The van der Waals surface area contributed by atoms with Gasteiger partial charge in [0.25, 0.3) is 0 Å². The lowest BCUT2D eigenvalue weighted by atomic mass is 10.0. The van der Waals surface area contributed by atoms with Crippen molar-refractivity contribution >= 4 is 11.8 Å². The first-order valence-corrected chi connectivity index (χ1v) is 8.61. The monoisotopic (exact) mass is 277 g/mol. The molecule has 0 aliphatic heterocycles. The van der Waals surface area contributed by atoms with Gasteiger partial charge < -0.3 is 5.32 Å². The maximum Gasteiger partial charge on any atom is 0.0409 e. The van der Waals surface area contributed by atoms with E-state index in [4.69, 9.17) is 0 Å². The molecule has 1 aromatic rings. The molecule has 1 saturated carbocycles. The number of hydrogen-bond acceptors (Lipinski definition) is 2. The average molecular weight is 277 g/mol. The van der Waals surface area contributed by atoms with Crippen molar-refractivity contribution in [2.45, 2.75) is 57.2 Å². The van der Waals surface area contributed by atoms with E-state index in [1.165, 1.54) is 54.5 Å². The number of benzene rings is 1. The Morgan fingerprint density at radius 3 is 2.32 bits per heavy atom. The van der Waals surface area contributed by atoms with Crippen molar-refractivity contribution in [1.82, 2.24) is 5.32 Å². The van der Waals surface area contributed by atoms with Crippen LogP contribution in [0, 0.1) is 13.8 Å². The predicted molar refractivity (Wildman–Crippen MR) is 87.0 cm³/mol. The van der Waals surface area contributed by atoms with E-state index in [-0.39, 0.29) is 0 Å². The van der Waals surface area contributed by atoms with Crippen LogP contribution in [0.3, 0.4) is 0 Å². The maximum atomic E-state index is 3.49. The number of aryl methyl sites for hydroxylation is 2. The molecule has 0 bridgehead atoms. The molecule has 19 heavy (non-hydrogen) atoms. The second kappa shape index (κ2) is 7.35. The van der Waals surface area contributed by atoms with Crippen LogP contribution in [0.1, 0.15) is 54.8 Å². The Morgan fingerprint density at radius 1 is 1.11 bits per heavy atom. The van der Waals surface area contributed by atoms with Crippen LogP contribution in [0.5, 0.6) is 0 Å². The minimum absolute atomic E-state index is 0.491. The molecule has 1 aromatic carbocycles. The van der Waals surface area contributed by atoms with Crippen molar-refractivity contribution in [3.05, 3.63) is 34.9 Å². The molecule has 0 saturated heterocycles. The van der Waals surface area contributed by atoms with Crippen LogP contribution < -0.4 is 5.32 Å². The van der Waals surface area contributed by atoms with E-state index in [1.807, 2.05) is 0 Å². The number of rotatable bonds is 5. The molecule has 106 valence electrons. The summed E-state index contributed by atoms with van der Waals surface area (Å²) in [5.74, 6) is 1.20. The summed E-state index contributed by atoms with van der Waals surface area (Å²) in [6.45, 7) is 4.38. The van der Waals surface area contributed by atoms with Crippen molar-refractivity contribution in [2.24, 2.45) is 0 Å². The summed E-state index contributed by atoms with van der Waals surface area (Å²) >= 11 is 2.17. The van der Waals surface area contributed by atoms with Gasteiger partial charge in [-0.15, -0.1) is 0 Å². The molecule has 0 heterocycles. The Balaban J connectivity index is 1.95. The normalized spacial score (nSPS) is 18.5. The second-order valence-electron chi connectivity index (χ2n) is 5.86. The highest BCUT2D eigenvalue weighted by molar-refractivity contribution is 7.99. The van der Waals surface area contributed by atoms with E-state index < -0.39 is 0 Å². The third-order valence-electron chi connectivity index (χ3n) is 4.05. The molecule has 0 amide bonds. The average Bonchev–Trinajstić information content (AvgIpc) is 2.39. The summed E-state index contributed by atoms with van der Waals surface area (Å²) in [7, 11) is 2.09. The van der Waals surface area contributed by atoms with Gasteiger partial charge in [0.05, 0.1) is 0 Å². The molecule has 1 nitrogen and oxygen atoms in total. The molecule has 0 spiro atoms. The van der Waals surface area contributed by atoms with Crippen LogP contribution in [-0.4, -0.2) is 18.1 Å².